The Balaban J connectivity index is 2.29. The number of rotatable bonds is 7. The number of nitrogens with zero attached hydrogens (tertiary/aromatic N) is 2. The molecule has 17 heavy (non-hydrogen) atoms. The zero-order valence-corrected chi connectivity index (χ0v) is 11.2. The fraction of sp³-hybridized carbons (Fsp3) is 0.462. The zero-order valence-electron chi connectivity index (χ0n) is 10.4. The molecular weight excluding hydrogens is 236 g/mol. The van der Waals surface area contributed by atoms with E-state index in [1.54, 1.807) is 6.21 Å². The second kappa shape index (κ2) is 8.09. The van der Waals surface area contributed by atoms with E-state index in [1.807, 2.05) is 24.3 Å². The van der Waals surface area contributed by atoms with Crippen LogP contribution in [-0.2, 0) is 4.84 Å². The molecule has 1 aromatic rings. The van der Waals surface area contributed by atoms with E-state index in [0.29, 0.717) is 11.6 Å². The van der Waals surface area contributed by atoms with Crippen molar-refractivity contribution in [3.63, 3.8) is 0 Å². The number of benzene rings is 1. The first-order chi connectivity index (χ1) is 8.27. The van der Waals surface area contributed by atoms with Crippen LogP contribution in [0.1, 0.15) is 19.4 Å². The van der Waals surface area contributed by atoms with Crippen molar-refractivity contribution in [2.45, 2.75) is 13.8 Å². The van der Waals surface area contributed by atoms with E-state index in [1.165, 1.54) is 0 Å². The smallest absolute Gasteiger partial charge is 0.129 e. The predicted molar refractivity (Wildman–Crippen MR) is 72.8 cm³/mol. The van der Waals surface area contributed by atoms with Gasteiger partial charge in [-0.15, -0.1) is 0 Å². The average molecular weight is 255 g/mol. The van der Waals surface area contributed by atoms with Gasteiger partial charge < -0.3 is 9.74 Å². The third-order valence-corrected chi connectivity index (χ3v) is 2.91. The summed E-state index contributed by atoms with van der Waals surface area (Å²) >= 11 is 5.98. The van der Waals surface area contributed by atoms with E-state index in [0.717, 1.165) is 25.2 Å². The second-order valence-electron chi connectivity index (χ2n) is 3.62. The third-order valence-electron chi connectivity index (χ3n) is 2.56. The molecule has 0 aliphatic carbocycles. The lowest BCUT2D eigenvalue weighted by molar-refractivity contribution is 0.115. The lowest BCUT2D eigenvalue weighted by atomic mass is 10.2. The first-order valence-electron chi connectivity index (χ1n) is 5.90. The Kier molecular flexibility index (Phi) is 6.67. The molecule has 0 unspecified atom stereocenters. The fourth-order valence-corrected chi connectivity index (χ4v) is 1.62. The van der Waals surface area contributed by atoms with Crippen molar-refractivity contribution in [2.75, 3.05) is 26.2 Å². The first-order valence-corrected chi connectivity index (χ1v) is 6.28. The van der Waals surface area contributed by atoms with Gasteiger partial charge in [0.05, 0.1) is 6.21 Å². The van der Waals surface area contributed by atoms with Crippen LogP contribution in [-0.4, -0.2) is 37.4 Å². The van der Waals surface area contributed by atoms with Gasteiger partial charge in [-0.1, -0.05) is 48.8 Å². The van der Waals surface area contributed by atoms with Crippen LogP contribution >= 0.6 is 11.6 Å². The molecule has 4 heteroatoms. The van der Waals surface area contributed by atoms with Crippen LogP contribution in [0.2, 0.25) is 5.02 Å². The quantitative estimate of drug-likeness (QED) is 0.425. The summed E-state index contributed by atoms with van der Waals surface area (Å²) in [7, 11) is 0. The molecule has 0 N–H and O–H groups in total. The van der Waals surface area contributed by atoms with Crippen molar-refractivity contribution in [3.05, 3.63) is 34.9 Å². The minimum Gasteiger partial charge on any atom is -0.394 e. The topological polar surface area (TPSA) is 24.8 Å². The Morgan fingerprint density at radius 3 is 2.65 bits per heavy atom. The van der Waals surface area contributed by atoms with Crippen LogP contribution in [0, 0.1) is 0 Å². The highest BCUT2D eigenvalue weighted by Gasteiger charge is 1.98. The monoisotopic (exact) mass is 254 g/mol. The number of likely N-dealkylation sites (N-methyl/N-ethyl adjacent to an activating group) is 1. The average Bonchev–Trinajstić information content (AvgIpc) is 2.36. The highest BCUT2D eigenvalue weighted by molar-refractivity contribution is 6.33. The van der Waals surface area contributed by atoms with Crippen LogP contribution in [0.25, 0.3) is 0 Å². The largest absolute Gasteiger partial charge is 0.394 e. The van der Waals surface area contributed by atoms with Crippen LogP contribution in [0.15, 0.2) is 29.4 Å². The summed E-state index contributed by atoms with van der Waals surface area (Å²) in [6.45, 7) is 7.84. The lowest BCUT2D eigenvalue weighted by Crippen LogP contribution is -2.26. The molecule has 0 saturated heterocycles. The van der Waals surface area contributed by atoms with Gasteiger partial charge in [-0.3, -0.25) is 0 Å². The summed E-state index contributed by atoms with van der Waals surface area (Å²) in [4.78, 5) is 7.48. The molecule has 0 aliphatic heterocycles. The molecule has 0 bridgehead atoms. The van der Waals surface area contributed by atoms with E-state index in [4.69, 9.17) is 16.4 Å². The molecule has 94 valence electrons. The SMILES string of the molecule is CCN(CC)CCO/N=C/c1ccccc1Cl. The van der Waals surface area contributed by atoms with Gasteiger partial charge in [0.25, 0.3) is 0 Å². The number of halogens is 1. The van der Waals surface area contributed by atoms with Gasteiger partial charge >= 0.3 is 0 Å². The van der Waals surface area contributed by atoms with Crippen molar-refractivity contribution in [1.82, 2.24) is 4.90 Å². The molecule has 0 atom stereocenters. The van der Waals surface area contributed by atoms with Gasteiger partial charge in [0.15, 0.2) is 0 Å². The molecule has 0 amide bonds. The van der Waals surface area contributed by atoms with Gasteiger partial charge in [0.1, 0.15) is 6.61 Å². The van der Waals surface area contributed by atoms with Gasteiger partial charge in [-0.25, -0.2) is 0 Å². The van der Waals surface area contributed by atoms with Crippen molar-refractivity contribution in [2.24, 2.45) is 5.16 Å². The zero-order chi connectivity index (χ0) is 12.5. The molecule has 0 spiro atoms. The standard InChI is InChI=1S/C13H19ClN2O/c1-3-16(4-2)9-10-17-15-11-12-7-5-6-8-13(12)14/h5-8,11H,3-4,9-10H2,1-2H3/b15-11+. The summed E-state index contributed by atoms with van der Waals surface area (Å²) in [5.74, 6) is 0. The van der Waals surface area contributed by atoms with E-state index in [-0.39, 0.29) is 0 Å². The van der Waals surface area contributed by atoms with E-state index in [9.17, 15) is 0 Å². The maximum Gasteiger partial charge on any atom is 0.129 e. The summed E-state index contributed by atoms with van der Waals surface area (Å²) in [5.41, 5.74) is 0.872. The van der Waals surface area contributed by atoms with Gasteiger partial charge in [-0.2, -0.15) is 0 Å². The predicted octanol–water partition coefficient (Wildman–Crippen LogP) is 3.03. The molecule has 0 radical (unpaired) electrons. The van der Waals surface area contributed by atoms with Crippen molar-refractivity contribution in [1.29, 1.82) is 0 Å². The molecule has 0 aliphatic rings. The summed E-state index contributed by atoms with van der Waals surface area (Å²) < 4.78 is 0. The van der Waals surface area contributed by atoms with E-state index < -0.39 is 0 Å². The molecule has 1 rings (SSSR count). The molecule has 0 saturated carbocycles. The highest BCUT2D eigenvalue weighted by Crippen LogP contribution is 2.12. The van der Waals surface area contributed by atoms with E-state index >= 15 is 0 Å². The fourth-order valence-electron chi connectivity index (χ4n) is 1.44. The normalized spacial score (nSPS) is 11.3. The molecular formula is C13H19ClN2O. The summed E-state index contributed by atoms with van der Waals surface area (Å²) in [5, 5.41) is 4.59. The minimum absolute atomic E-state index is 0.600. The Morgan fingerprint density at radius 1 is 1.29 bits per heavy atom. The lowest BCUT2D eigenvalue weighted by Gasteiger charge is -2.16. The molecule has 3 nitrogen and oxygen atoms in total. The van der Waals surface area contributed by atoms with Crippen molar-refractivity contribution < 1.29 is 4.84 Å². The first kappa shape index (κ1) is 14.0. The Bertz CT molecular complexity index is 351. The molecule has 1 aromatic carbocycles. The molecule has 0 heterocycles. The summed E-state index contributed by atoms with van der Waals surface area (Å²) in [6, 6.07) is 7.54. The van der Waals surface area contributed by atoms with Crippen LogP contribution in [0.5, 0.6) is 0 Å². The number of oxime groups is 1. The van der Waals surface area contributed by atoms with Crippen molar-refractivity contribution >= 4 is 17.8 Å². The highest BCUT2D eigenvalue weighted by atomic mass is 35.5. The minimum atomic E-state index is 0.600. The number of hydrogen-bond acceptors (Lipinski definition) is 3. The maximum absolute atomic E-state index is 5.98. The molecule has 0 fully saturated rings. The van der Waals surface area contributed by atoms with Crippen LogP contribution < -0.4 is 0 Å². The number of hydrogen-bond donors (Lipinski definition) is 0. The second-order valence-corrected chi connectivity index (χ2v) is 4.02. The van der Waals surface area contributed by atoms with Crippen molar-refractivity contribution in [3.8, 4) is 0 Å². The maximum atomic E-state index is 5.98. The molecule has 0 aromatic heterocycles. The Hall–Kier alpha value is -1.06. The van der Waals surface area contributed by atoms with Gasteiger partial charge in [0, 0.05) is 17.1 Å². The van der Waals surface area contributed by atoms with Crippen LogP contribution in [0.4, 0.5) is 0 Å². The van der Waals surface area contributed by atoms with E-state index in [2.05, 4.69) is 23.9 Å². The van der Waals surface area contributed by atoms with Crippen LogP contribution in [0.3, 0.4) is 0 Å². The Labute approximate surface area is 108 Å². The Morgan fingerprint density at radius 2 is 2.00 bits per heavy atom. The third kappa shape index (κ3) is 5.20. The van der Waals surface area contributed by atoms with Gasteiger partial charge in [-0.05, 0) is 19.2 Å². The summed E-state index contributed by atoms with van der Waals surface area (Å²) in [6.07, 6.45) is 1.64. The van der Waals surface area contributed by atoms with Gasteiger partial charge in [0.2, 0.25) is 0 Å².